The first-order valence-electron chi connectivity index (χ1n) is 12.6. The number of benzene rings is 2. The van der Waals surface area contributed by atoms with Gasteiger partial charge in [0.05, 0.1) is 36.3 Å². The van der Waals surface area contributed by atoms with Crippen molar-refractivity contribution in [2.24, 2.45) is 0 Å². The maximum Gasteiger partial charge on any atom is 0.490 e. The first kappa shape index (κ1) is 31.0. The van der Waals surface area contributed by atoms with Crippen LogP contribution in [0.3, 0.4) is 0 Å². The Labute approximate surface area is 247 Å². The molecule has 43 heavy (non-hydrogen) atoms. The zero-order valence-electron chi connectivity index (χ0n) is 22.5. The van der Waals surface area contributed by atoms with E-state index in [2.05, 4.69) is 40.9 Å². The SMILES string of the molecule is CNC(=O)c1ccccc1Nc1nc(Nc2ccc(-n3cnc(N4CCOCC4)n3)cc2)ncc1Cl.O=C(O)C(F)(F)F. The molecule has 0 bridgehead atoms. The minimum Gasteiger partial charge on any atom is -0.475 e. The van der Waals surface area contributed by atoms with E-state index in [1.807, 2.05) is 30.3 Å². The van der Waals surface area contributed by atoms with Crippen molar-refractivity contribution in [3.63, 3.8) is 0 Å². The molecule has 2 aromatic carbocycles. The Balaban J connectivity index is 0.000000541. The number of amides is 1. The molecule has 0 radical (unpaired) electrons. The standard InChI is InChI=1S/C24H24ClN9O2.C2HF3O2/c1-26-22(35)18-4-2-3-5-20(18)30-21-19(25)14-27-23(31-21)29-16-6-8-17(9-7-16)34-15-28-24(32-34)33-10-12-36-13-11-33;3-2(4,5)1(6)7/h2-9,14-15H,10-13H2,1H3,(H,26,35)(H2,27,29,30,31);(H,6,7). The van der Waals surface area contributed by atoms with Crippen molar-refractivity contribution >= 4 is 52.6 Å². The Morgan fingerprint density at radius 2 is 1.70 bits per heavy atom. The molecule has 4 N–H and O–H groups in total. The van der Waals surface area contributed by atoms with Crippen LogP contribution in [-0.4, -0.2) is 81.2 Å². The molecule has 4 aromatic rings. The largest absolute Gasteiger partial charge is 0.490 e. The molecular weight excluding hydrogens is 595 g/mol. The molecule has 2 aromatic heterocycles. The number of halogens is 4. The molecule has 0 atom stereocenters. The molecule has 0 unspecified atom stereocenters. The van der Waals surface area contributed by atoms with Crippen molar-refractivity contribution in [1.29, 1.82) is 0 Å². The van der Waals surface area contributed by atoms with Gasteiger partial charge in [0.15, 0.2) is 5.82 Å². The van der Waals surface area contributed by atoms with Gasteiger partial charge in [-0.15, -0.1) is 5.10 Å². The van der Waals surface area contributed by atoms with Crippen LogP contribution in [0.15, 0.2) is 61.1 Å². The van der Waals surface area contributed by atoms with Crippen LogP contribution in [0.5, 0.6) is 0 Å². The number of nitrogens with zero attached hydrogens (tertiary/aromatic N) is 6. The molecule has 0 saturated carbocycles. The van der Waals surface area contributed by atoms with Crippen molar-refractivity contribution in [3.05, 3.63) is 71.6 Å². The van der Waals surface area contributed by atoms with E-state index in [1.165, 1.54) is 6.20 Å². The number of carbonyl (C=O) groups excluding carboxylic acids is 1. The van der Waals surface area contributed by atoms with Gasteiger partial charge < -0.3 is 30.7 Å². The second-order valence-electron chi connectivity index (χ2n) is 8.70. The van der Waals surface area contributed by atoms with Crippen molar-refractivity contribution in [1.82, 2.24) is 30.0 Å². The van der Waals surface area contributed by atoms with E-state index >= 15 is 0 Å². The second-order valence-corrected chi connectivity index (χ2v) is 9.11. The van der Waals surface area contributed by atoms with Crippen LogP contribution < -0.4 is 20.9 Å². The highest BCUT2D eigenvalue weighted by Gasteiger charge is 2.38. The fourth-order valence-corrected chi connectivity index (χ4v) is 3.82. The van der Waals surface area contributed by atoms with Gasteiger partial charge in [0.25, 0.3) is 5.91 Å². The summed E-state index contributed by atoms with van der Waals surface area (Å²) in [4.78, 5) is 36.4. The summed E-state index contributed by atoms with van der Waals surface area (Å²) >= 11 is 6.32. The maximum absolute atomic E-state index is 12.2. The van der Waals surface area contributed by atoms with Crippen molar-refractivity contribution in [2.45, 2.75) is 6.18 Å². The number of para-hydroxylation sites is 1. The Morgan fingerprint density at radius 3 is 2.35 bits per heavy atom. The lowest BCUT2D eigenvalue weighted by Gasteiger charge is -2.25. The maximum atomic E-state index is 12.2. The number of aromatic nitrogens is 5. The van der Waals surface area contributed by atoms with E-state index in [1.54, 1.807) is 36.3 Å². The number of aliphatic carboxylic acids is 1. The Hall–Kier alpha value is -4.96. The summed E-state index contributed by atoms with van der Waals surface area (Å²) in [6, 6.07) is 14.8. The highest BCUT2D eigenvalue weighted by molar-refractivity contribution is 6.33. The first-order valence-corrected chi connectivity index (χ1v) is 13.0. The lowest BCUT2D eigenvalue weighted by Crippen LogP contribution is -2.37. The average Bonchev–Trinajstić information content (AvgIpc) is 3.50. The molecule has 3 heterocycles. The van der Waals surface area contributed by atoms with Crippen molar-refractivity contribution in [2.75, 3.05) is 48.9 Å². The summed E-state index contributed by atoms with van der Waals surface area (Å²) in [5, 5.41) is 21.0. The van der Waals surface area contributed by atoms with E-state index in [4.69, 9.17) is 26.2 Å². The summed E-state index contributed by atoms with van der Waals surface area (Å²) in [5.74, 6) is -1.56. The van der Waals surface area contributed by atoms with Gasteiger partial charge in [-0.3, -0.25) is 4.79 Å². The normalized spacial score (nSPS) is 13.0. The first-order chi connectivity index (χ1) is 20.5. The van der Waals surface area contributed by atoms with Crippen molar-refractivity contribution < 1.29 is 32.6 Å². The van der Waals surface area contributed by atoms with E-state index in [0.717, 1.165) is 24.5 Å². The Kier molecular flexibility index (Phi) is 9.95. The number of rotatable bonds is 7. The summed E-state index contributed by atoms with van der Waals surface area (Å²) in [5.41, 5.74) is 2.71. The number of morpholine rings is 1. The van der Waals surface area contributed by atoms with Gasteiger partial charge in [-0.1, -0.05) is 23.7 Å². The zero-order chi connectivity index (χ0) is 31.0. The molecule has 1 saturated heterocycles. The molecule has 1 amide bonds. The topological polar surface area (TPSA) is 159 Å². The molecule has 1 aliphatic heterocycles. The molecule has 1 fully saturated rings. The van der Waals surface area contributed by atoms with Gasteiger partial charge in [-0.05, 0) is 36.4 Å². The predicted octanol–water partition coefficient (Wildman–Crippen LogP) is 4.03. The third-order valence-electron chi connectivity index (χ3n) is 5.80. The van der Waals surface area contributed by atoms with Crippen LogP contribution >= 0.6 is 11.6 Å². The third kappa shape index (κ3) is 8.30. The van der Waals surface area contributed by atoms with Crippen LogP contribution in [0, 0.1) is 0 Å². The van der Waals surface area contributed by atoms with E-state index in [9.17, 15) is 18.0 Å². The average molecular weight is 620 g/mol. The van der Waals surface area contributed by atoms with Gasteiger partial charge >= 0.3 is 12.1 Å². The smallest absolute Gasteiger partial charge is 0.475 e. The highest BCUT2D eigenvalue weighted by Crippen LogP contribution is 2.27. The molecule has 0 aliphatic carbocycles. The molecule has 17 heteroatoms. The van der Waals surface area contributed by atoms with Gasteiger partial charge in [0.2, 0.25) is 11.9 Å². The number of carbonyl (C=O) groups is 2. The van der Waals surface area contributed by atoms with E-state index < -0.39 is 12.1 Å². The van der Waals surface area contributed by atoms with Gasteiger partial charge in [-0.2, -0.15) is 23.1 Å². The number of hydrogen-bond donors (Lipinski definition) is 4. The molecule has 5 rings (SSSR count). The molecule has 13 nitrogen and oxygen atoms in total. The van der Waals surface area contributed by atoms with E-state index in [0.29, 0.717) is 47.2 Å². The summed E-state index contributed by atoms with van der Waals surface area (Å²) in [7, 11) is 1.58. The number of carboxylic acids is 1. The quantitative estimate of drug-likeness (QED) is 0.237. The number of ether oxygens (including phenoxy) is 1. The van der Waals surface area contributed by atoms with Crippen LogP contribution in [0.25, 0.3) is 5.69 Å². The second kappa shape index (κ2) is 13.8. The van der Waals surface area contributed by atoms with Crippen LogP contribution in [0.4, 0.5) is 42.3 Å². The van der Waals surface area contributed by atoms with Crippen LogP contribution in [0.1, 0.15) is 10.4 Å². The Bertz CT molecular complexity index is 1560. The lowest BCUT2D eigenvalue weighted by atomic mass is 10.1. The lowest BCUT2D eigenvalue weighted by molar-refractivity contribution is -0.192. The van der Waals surface area contributed by atoms with Crippen LogP contribution in [-0.2, 0) is 9.53 Å². The number of hydrogen-bond acceptors (Lipinski definition) is 10. The molecule has 0 spiro atoms. The predicted molar refractivity (Wildman–Crippen MR) is 152 cm³/mol. The third-order valence-corrected chi connectivity index (χ3v) is 6.08. The number of anilines is 5. The fraction of sp³-hybridized carbons (Fsp3) is 0.231. The highest BCUT2D eigenvalue weighted by atomic mass is 35.5. The number of nitrogens with one attached hydrogen (secondary N) is 3. The minimum atomic E-state index is -5.08. The fourth-order valence-electron chi connectivity index (χ4n) is 3.68. The molecular formula is C26H25ClF3N9O4. The molecule has 1 aliphatic rings. The zero-order valence-corrected chi connectivity index (χ0v) is 23.2. The van der Waals surface area contributed by atoms with Gasteiger partial charge in [-0.25, -0.2) is 14.5 Å². The number of carboxylic acid groups (broad SMARTS) is 1. The van der Waals surface area contributed by atoms with Gasteiger partial charge in [0.1, 0.15) is 11.3 Å². The minimum absolute atomic E-state index is 0.217. The summed E-state index contributed by atoms with van der Waals surface area (Å²) in [6.07, 6.45) is -1.89. The Morgan fingerprint density at radius 1 is 1.02 bits per heavy atom. The molecule has 226 valence electrons. The summed E-state index contributed by atoms with van der Waals surface area (Å²) in [6.45, 7) is 2.92. The van der Waals surface area contributed by atoms with E-state index in [-0.39, 0.29) is 5.91 Å². The van der Waals surface area contributed by atoms with Crippen molar-refractivity contribution in [3.8, 4) is 5.69 Å². The van der Waals surface area contributed by atoms with Gasteiger partial charge in [0, 0.05) is 25.8 Å². The number of alkyl halides is 3. The van der Waals surface area contributed by atoms with Crippen LogP contribution in [0.2, 0.25) is 5.02 Å². The monoisotopic (exact) mass is 619 g/mol. The summed E-state index contributed by atoms with van der Waals surface area (Å²) < 4.78 is 38.9.